The van der Waals surface area contributed by atoms with Gasteiger partial charge in [-0.05, 0) is 37.1 Å². The maximum atomic E-state index is 8.98. The van der Waals surface area contributed by atoms with Crippen LogP contribution in [0.4, 0.5) is 0 Å². The Balaban J connectivity index is 2.02. The molecule has 0 heterocycles. The van der Waals surface area contributed by atoms with E-state index in [1.807, 2.05) is 12.1 Å². The highest BCUT2D eigenvalue weighted by Crippen LogP contribution is 2.20. The average molecular weight is 280 g/mol. The minimum absolute atomic E-state index is 0.271. The first-order chi connectivity index (χ1) is 10.1. The van der Waals surface area contributed by atoms with E-state index in [1.54, 1.807) is 13.2 Å². The summed E-state index contributed by atoms with van der Waals surface area (Å²) in [6.45, 7) is 4.97. The second-order valence-corrected chi connectivity index (χ2v) is 5.16. The molecular formula is C18H20N2O. The molecule has 3 nitrogen and oxygen atoms in total. The van der Waals surface area contributed by atoms with Crippen LogP contribution in [-0.2, 0) is 6.54 Å². The third kappa shape index (κ3) is 3.84. The number of ether oxygens (including phenoxy) is 1. The second kappa shape index (κ2) is 6.92. The molecule has 3 heteroatoms. The first-order valence-corrected chi connectivity index (χ1v) is 7.01. The number of nitrogens with one attached hydrogen (secondary N) is 1. The lowest BCUT2D eigenvalue weighted by atomic mass is 10.1. The van der Waals surface area contributed by atoms with Crippen LogP contribution in [0.5, 0.6) is 5.75 Å². The van der Waals surface area contributed by atoms with E-state index in [2.05, 4.69) is 49.5 Å². The molecule has 0 aliphatic heterocycles. The molecule has 0 amide bonds. The quantitative estimate of drug-likeness (QED) is 0.907. The number of nitriles is 1. The Morgan fingerprint density at radius 2 is 1.90 bits per heavy atom. The number of hydrogen-bond donors (Lipinski definition) is 1. The van der Waals surface area contributed by atoms with Gasteiger partial charge in [-0.25, -0.2) is 0 Å². The topological polar surface area (TPSA) is 45.0 Å². The van der Waals surface area contributed by atoms with Crippen LogP contribution in [0.15, 0.2) is 42.5 Å². The summed E-state index contributed by atoms with van der Waals surface area (Å²) in [7, 11) is 1.59. The largest absolute Gasteiger partial charge is 0.495 e. The summed E-state index contributed by atoms with van der Waals surface area (Å²) in [6.07, 6.45) is 0. The second-order valence-electron chi connectivity index (χ2n) is 5.16. The lowest BCUT2D eigenvalue weighted by Crippen LogP contribution is -2.18. The van der Waals surface area contributed by atoms with Crippen molar-refractivity contribution in [2.24, 2.45) is 0 Å². The standard InChI is InChI=1S/C18H20N2O/c1-13-4-7-16(8-5-13)14(2)20-12-15-6-9-17(11-19)18(10-15)21-3/h4-10,14,20H,12H2,1-3H3/t14-/m1/s1. The summed E-state index contributed by atoms with van der Waals surface area (Å²) in [5.74, 6) is 0.625. The molecule has 2 rings (SSSR count). The molecule has 0 aromatic heterocycles. The van der Waals surface area contributed by atoms with Gasteiger partial charge >= 0.3 is 0 Å². The number of methoxy groups -OCH3 is 1. The Bertz CT molecular complexity index is 641. The number of aryl methyl sites for hydroxylation is 1. The van der Waals surface area contributed by atoms with Gasteiger partial charge in [0, 0.05) is 12.6 Å². The first-order valence-electron chi connectivity index (χ1n) is 7.01. The highest BCUT2D eigenvalue weighted by atomic mass is 16.5. The molecule has 0 aliphatic rings. The third-order valence-corrected chi connectivity index (χ3v) is 3.58. The van der Waals surface area contributed by atoms with Crippen molar-refractivity contribution in [1.82, 2.24) is 5.32 Å². The van der Waals surface area contributed by atoms with Gasteiger partial charge in [-0.15, -0.1) is 0 Å². The van der Waals surface area contributed by atoms with Crippen LogP contribution in [0.1, 0.15) is 35.2 Å². The van der Waals surface area contributed by atoms with Crippen LogP contribution in [-0.4, -0.2) is 7.11 Å². The summed E-state index contributed by atoms with van der Waals surface area (Å²) >= 11 is 0. The van der Waals surface area contributed by atoms with E-state index in [-0.39, 0.29) is 6.04 Å². The monoisotopic (exact) mass is 280 g/mol. The molecule has 0 spiro atoms. The molecule has 2 aromatic carbocycles. The van der Waals surface area contributed by atoms with Gasteiger partial charge < -0.3 is 10.1 Å². The molecule has 21 heavy (non-hydrogen) atoms. The smallest absolute Gasteiger partial charge is 0.136 e. The Labute approximate surface area is 126 Å². The van der Waals surface area contributed by atoms with Gasteiger partial charge in [-0.2, -0.15) is 5.26 Å². The van der Waals surface area contributed by atoms with Gasteiger partial charge in [0.2, 0.25) is 0 Å². The van der Waals surface area contributed by atoms with Gasteiger partial charge in [0.15, 0.2) is 0 Å². The van der Waals surface area contributed by atoms with Crippen molar-refractivity contribution in [3.05, 3.63) is 64.7 Å². The normalized spacial score (nSPS) is 11.7. The molecule has 0 fully saturated rings. The Kier molecular flexibility index (Phi) is 4.97. The summed E-state index contributed by atoms with van der Waals surface area (Å²) in [6, 6.07) is 16.6. The Morgan fingerprint density at radius 1 is 1.19 bits per heavy atom. The molecule has 1 atom stereocenters. The third-order valence-electron chi connectivity index (χ3n) is 3.58. The fraction of sp³-hybridized carbons (Fsp3) is 0.278. The van der Waals surface area contributed by atoms with Crippen LogP contribution in [0.2, 0.25) is 0 Å². The summed E-state index contributed by atoms with van der Waals surface area (Å²) in [5.41, 5.74) is 4.20. The lowest BCUT2D eigenvalue weighted by molar-refractivity contribution is 0.412. The Morgan fingerprint density at radius 3 is 2.52 bits per heavy atom. The maximum Gasteiger partial charge on any atom is 0.136 e. The number of rotatable bonds is 5. The van der Waals surface area contributed by atoms with Crippen LogP contribution >= 0.6 is 0 Å². The van der Waals surface area contributed by atoms with E-state index in [0.717, 1.165) is 12.1 Å². The van der Waals surface area contributed by atoms with E-state index in [0.29, 0.717) is 11.3 Å². The van der Waals surface area contributed by atoms with Crippen molar-refractivity contribution >= 4 is 0 Å². The summed E-state index contributed by atoms with van der Waals surface area (Å²) in [5, 5.41) is 12.5. The molecule has 0 radical (unpaired) electrons. The van der Waals surface area contributed by atoms with E-state index in [4.69, 9.17) is 10.00 Å². The highest BCUT2D eigenvalue weighted by molar-refractivity contribution is 5.45. The maximum absolute atomic E-state index is 8.98. The fourth-order valence-electron chi connectivity index (χ4n) is 2.18. The van der Waals surface area contributed by atoms with Crippen molar-refractivity contribution in [2.75, 3.05) is 7.11 Å². The molecule has 0 bridgehead atoms. The molecule has 0 saturated carbocycles. The van der Waals surface area contributed by atoms with Crippen molar-refractivity contribution in [1.29, 1.82) is 5.26 Å². The number of benzene rings is 2. The Hall–Kier alpha value is -2.31. The predicted octanol–water partition coefficient (Wildman–Crippen LogP) is 3.73. The lowest BCUT2D eigenvalue weighted by Gasteiger charge is -2.15. The first kappa shape index (κ1) is 15.1. The van der Waals surface area contributed by atoms with Gasteiger partial charge in [0.25, 0.3) is 0 Å². The van der Waals surface area contributed by atoms with Crippen LogP contribution in [0.3, 0.4) is 0 Å². The van der Waals surface area contributed by atoms with E-state index < -0.39 is 0 Å². The van der Waals surface area contributed by atoms with Gasteiger partial charge in [-0.1, -0.05) is 35.9 Å². The number of hydrogen-bond acceptors (Lipinski definition) is 3. The van der Waals surface area contributed by atoms with Gasteiger partial charge in [0.05, 0.1) is 12.7 Å². The zero-order valence-electron chi connectivity index (χ0n) is 12.7. The van der Waals surface area contributed by atoms with Crippen LogP contribution in [0, 0.1) is 18.3 Å². The van der Waals surface area contributed by atoms with Crippen molar-refractivity contribution in [3.8, 4) is 11.8 Å². The zero-order chi connectivity index (χ0) is 15.2. The summed E-state index contributed by atoms with van der Waals surface area (Å²) < 4.78 is 5.23. The zero-order valence-corrected chi connectivity index (χ0v) is 12.7. The molecule has 1 N–H and O–H groups in total. The van der Waals surface area contributed by atoms with Crippen molar-refractivity contribution in [2.45, 2.75) is 26.4 Å². The van der Waals surface area contributed by atoms with Gasteiger partial charge in [-0.3, -0.25) is 0 Å². The van der Waals surface area contributed by atoms with Crippen molar-refractivity contribution < 1.29 is 4.74 Å². The van der Waals surface area contributed by atoms with E-state index in [9.17, 15) is 0 Å². The van der Waals surface area contributed by atoms with E-state index in [1.165, 1.54) is 11.1 Å². The molecule has 0 unspecified atom stereocenters. The molecule has 0 saturated heterocycles. The predicted molar refractivity (Wildman–Crippen MR) is 84.1 cm³/mol. The molecule has 108 valence electrons. The molecule has 2 aromatic rings. The van der Waals surface area contributed by atoms with Crippen LogP contribution in [0.25, 0.3) is 0 Å². The average Bonchev–Trinajstić information content (AvgIpc) is 2.52. The SMILES string of the molecule is COc1cc(CN[C@H](C)c2ccc(C)cc2)ccc1C#N. The minimum atomic E-state index is 0.271. The van der Waals surface area contributed by atoms with Crippen molar-refractivity contribution in [3.63, 3.8) is 0 Å². The van der Waals surface area contributed by atoms with Crippen LogP contribution < -0.4 is 10.1 Å². The van der Waals surface area contributed by atoms with E-state index >= 15 is 0 Å². The highest BCUT2D eigenvalue weighted by Gasteiger charge is 2.07. The minimum Gasteiger partial charge on any atom is -0.495 e. The number of nitrogens with zero attached hydrogens (tertiary/aromatic N) is 1. The molecule has 0 aliphatic carbocycles. The molecular weight excluding hydrogens is 260 g/mol. The fourth-order valence-corrected chi connectivity index (χ4v) is 2.18. The van der Waals surface area contributed by atoms with Gasteiger partial charge in [0.1, 0.15) is 11.8 Å². The summed E-state index contributed by atoms with van der Waals surface area (Å²) in [4.78, 5) is 0.